The molecule has 0 unspecified atom stereocenters. The van der Waals surface area contributed by atoms with Gasteiger partial charge in [0.15, 0.2) is 0 Å². The highest BCUT2D eigenvalue weighted by atomic mass is 79.9. The van der Waals surface area contributed by atoms with Crippen molar-refractivity contribution >= 4 is 37.8 Å². The van der Waals surface area contributed by atoms with Crippen LogP contribution < -0.4 is 0 Å². The number of carbonyl (C=O) groups is 1. The molecule has 0 saturated carbocycles. The van der Waals surface area contributed by atoms with Gasteiger partial charge in [0.05, 0.1) is 19.2 Å². The lowest BCUT2D eigenvalue weighted by Gasteiger charge is -2.10. The predicted octanol–water partition coefficient (Wildman–Crippen LogP) is 3.39. The van der Waals surface area contributed by atoms with Crippen molar-refractivity contribution in [3.8, 4) is 0 Å². The fourth-order valence-corrected chi connectivity index (χ4v) is 2.81. The van der Waals surface area contributed by atoms with Crippen LogP contribution in [0.15, 0.2) is 10.7 Å². The van der Waals surface area contributed by atoms with E-state index < -0.39 is 12.4 Å². The second-order valence-corrected chi connectivity index (χ2v) is 4.47. The average molecular weight is 373 g/mol. The molecule has 0 saturated heterocycles. The molecule has 17 heavy (non-hydrogen) atoms. The first-order valence-electron chi connectivity index (χ1n) is 4.58. The van der Waals surface area contributed by atoms with E-state index >= 15 is 0 Å². The minimum Gasteiger partial charge on any atom is -0.469 e. The Bertz CT molecular complexity index is 427. The molecule has 0 fully saturated rings. The number of pyridine rings is 1. The Labute approximate surface area is 114 Å². The number of hydrogen-bond acceptors (Lipinski definition) is 3. The molecule has 0 bridgehead atoms. The van der Waals surface area contributed by atoms with Crippen LogP contribution in [0.25, 0.3) is 0 Å². The molecule has 1 aromatic heterocycles. The van der Waals surface area contributed by atoms with E-state index in [1.165, 1.54) is 13.2 Å². The number of halogens is 4. The van der Waals surface area contributed by atoms with Crippen LogP contribution >= 0.6 is 31.9 Å². The molecule has 0 radical (unpaired) electrons. The Balaban J connectivity index is 3.15. The molecule has 0 aliphatic heterocycles. The van der Waals surface area contributed by atoms with Crippen molar-refractivity contribution < 1.29 is 18.3 Å². The molecule has 1 heterocycles. The van der Waals surface area contributed by atoms with Crippen molar-refractivity contribution in [2.75, 3.05) is 7.11 Å². The van der Waals surface area contributed by atoms with Gasteiger partial charge in [-0.3, -0.25) is 4.79 Å². The number of carbonyl (C=O) groups excluding carboxylic acids is 1. The van der Waals surface area contributed by atoms with Gasteiger partial charge in [0, 0.05) is 16.5 Å². The molecule has 0 atom stereocenters. The zero-order chi connectivity index (χ0) is 13.0. The molecular weight excluding hydrogens is 364 g/mol. The molecule has 0 aliphatic rings. The molecule has 0 aromatic carbocycles. The highest BCUT2D eigenvalue weighted by Crippen LogP contribution is 2.30. The number of hydrogen-bond donors (Lipinski definition) is 0. The van der Waals surface area contributed by atoms with E-state index in [-0.39, 0.29) is 23.0 Å². The van der Waals surface area contributed by atoms with Gasteiger partial charge in [-0.25, -0.2) is 13.8 Å². The lowest BCUT2D eigenvalue weighted by Crippen LogP contribution is -2.08. The summed E-state index contributed by atoms with van der Waals surface area (Å²) in [6.45, 7) is 0. The van der Waals surface area contributed by atoms with Gasteiger partial charge in [0.1, 0.15) is 4.60 Å². The smallest absolute Gasteiger partial charge is 0.311 e. The summed E-state index contributed by atoms with van der Waals surface area (Å²) in [4.78, 5) is 15.1. The zero-order valence-corrected chi connectivity index (χ0v) is 12.0. The summed E-state index contributed by atoms with van der Waals surface area (Å²) in [5.41, 5.74) is 0.500. The number of aromatic nitrogens is 1. The predicted molar refractivity (Wildman–Crippen MR) is 65.2 cm³/mol. The van der Waals surface area contributed by atoms with Gasteiger partial charge >= 0.3 is 5.97 Å². The van der Waals surface area contributed by atoms with Crippen LogP contribution in [0.2, 0.25) is 0 Å². The van der Waals surface area contributed by atoms with E-state index in [9.17, 15) is 13.6 Å². The molecule has 0 spiro atoms. The highest BCUT2D eigenvalue weighted by Gasteiger charge is 2.18. The zero-order valence-electron chi connectivity index (χ0n) is 8.84. The summed E-state index contributed by atoms with van der Waals surface area (Å²) in [6, 6.07) is 1.23. The summed E-state index contributed by atoms with van der Waals surface area (Å²) < 4.78 is 30.4. The van der Waals surface area contributed by atoms with Crippen LogP contribution in [0.5, 0.6) is 0 Å². The first kappa shape index (κ1) is 14.5. The lowest BCUT2D eigenvalue weighted by atomic mass is 10.1. The van der Waals surface area contributed by atoms with E-state index in [1.54, 1.807) is 0 Å². The molecule has 0 N–H and O–H groups in total. The topological polar surface area (TPSA) is 39.2 Å². The maximum atomic E-state index is 12.8. The van der Waals surface area contributed by atoms with Gasteiger partial charge in [-0.05, 0) is 22.0 Å². The Morgan fingerprint density at radius 1 is 1.59 bits per heavy atom. The number of methoxy groups -OCH3 is 1. The molecule has 1 rings (SSSR count). The Hall–Kier alpha value is -0.560. The largest absolute Gasteiger partial charge is 0.469 e. The van der Waals surface area contributed by atoms with Crippen molar-refractivity contribution in [2.45, 2.75) is 18.2 Å². The van der Waals surface area contributed by atoms with Gasteiger partial charge in [0.2, 0.25) is 0 Å². The molecule has 1 aromatic rings. The van der Waals surface area contributed by atoms with Crippen molar-refractivity contribution in [1.82, 2.24) is 4.98 Å². The van der Waals surface area contributed by atoms with Gasteiger partial charge in [-0.2, -0.15) is 0 Å². The molecular formula is C10H9Br2F2NO2. The first-order valence-corrected chi connectivity index (χ1v) is 6.50. The second-order valence-electron chi connectivity index (χ2n) is 3.16. The van der Waals surface area contributed by atoms with Crippen LogP contribution in [-0.2, 0) is 21.3 Å². The third kappa shape index (κ3) is 3.70. The lowest BCUT2D eigenvalue weighted by molar-refractivity contribution is -0.139. The van der Waals surface area contributed by atoms with Crippen molar-refractivity contribution in [3.05, 3.63) is 27.5 Å². The van der Waals surface area contributed by atoms with Gasteiger partial charge in [-0.15, -0.1) is 0 Å². The normalized spacial score (nSPS) is 10.7. The molecule has 94 valence electrons. The Morgan fingerprint density at radius 3 is 2.71 bits per heavy atom. The van der Waals surface area contributed by atoms with Gasteiger partial charge in [0.25, 0.3) is 6.43 Å². The monoisotopic (exact) mass is 371 g/mol. The van der Waals surface area contributed by atoms with E-state index in [0.717, 1.165) is 0 Å². The van der Waals surface area contributed by atoms with Gasteiger partial charge < -0.3 is 4.74 Å². The summed E-state index contributed by atoms with van der Waals surface area (Å²) in [5.74, 6) is -0.517. The third-order valence-electron chi connectivity index (χ3n) is 2.08. The second kappa shape index (κ2) is 6.39. The molecule has 7 heteroatoms. The van der Waals surface area contributed by atoms with Crippen LogP contribution in [-0.4, -0.2) is 18.1 Å². The maximum Gasteiger partial charge on any atom is 0.311 e. The number of esters is 1. The van der Waals surface area contributed by atoms with E-state index in [4.69, 9.17) is 0 Å². The third-order valence-corrected chi connectivity index (χ3v) is 3.30. The van der Waals surface area contributed by atoms with Crippen LogP contribution in [0.1, 0.15) is 23.2 Å². The van der Waals surface area contributed by atoms with E-state index in [1.807, 2.05) is 0 Å². The molecule has 0 amide bonds. The molecule has 0 aliphatic carbocycles. The molecule has 3 nitrogen and oxygen atoms in total. The van der Waals surface area contributed by atoms with E-state index in [0.29, 0.717) is 10.2 Å². The summed E-state index contributed by atoms with van der Waals surface area (Å²) in [5, 5.41) is 0.263. The minimum atomic E-state index is -2.61. The number of nitrogens with zero attached hydrogens (tertiary/aromatic N) is 1. The highest BCUT2D eigenvalue weighted by molar-refractivity contribution is 9.10. The fraction of sp³-hybridized carbons (Fsp3) is 0.400. The Morgan fingerprint density at radius 2 is 2.24 bits per heavy atom. The summed E-state index contributed by atoms with van der Waals surface area (Å²) in [7, 11) is 1.23. The number of alkyl halides is 3. The fourth-order valence-electron chi connectivity index (χ4n) is 1.25. The van der Waals surface area contributed by atoms with Gasteiger partial charge in [-0.1, -0.05) is 15.9 Å². The summed E-state index contributed by atoms with van der Waals surface area (Å²) in [6.07, 6.45) is -2.74. The Kier molecular flexibility index (Phi) is 5.45. The standard InChI is InChI=1S/C10H9Br2F2NO2/c1-17-8(16)3-5-2-6(10(13)14)7(4-11)9(12)15-5/h2,10H,3-4H2,1H3. The van der Waals surface area contributed by atoms with E-state index in [2.05, 4.69) is 41.6 Å². The number of rotatable bonds is 4. The quantitative estimate of drug-likeness (QED) is 0.462. The van der Waals surface area contributed by atoms with Crippen LogP contribution in [0.3, 0.4) is 0 Å². The van der Waals surface area contributed by atoms with Crippen molar-refractivity contribution in [3.63, 3.8) is 0 Å². The minimum absolute atomic E-state index is 0.128. The average Bonchev–Trinajstić information content (AvgIpc) is 2.28. The van der Waals surface area contributed by atoms with Crippen LogP contribution in [0, 0.1) is 0 Å². The summed E-state index contributed by atoms with van der Waals surface area (Å²) >= 11 is 6.23. The number of ether oxygens (including phenoxy) is 1. The van der Waals surface area contributed by atoms with Crippen LogP contribution in [0.4, 0.5) is 8.78 Å². The first-order chi connectivity index (χ1) is 7.99. The maximum absolute atomic E-state index is 12.8. The van der Waals surface area contributed by atoms with Crippen molar-refractivity contribution in [1.29, 1.82) is 0 Å². The van der Waals surface area contributed by atoms with Crippen molar-refractivity contribution in [2.24, 2.45) is 0 Å². The SMILES string of the molecule is COC(=O)Cc1cc(C(F)F)c(CBr)c(Br)n1.